The lowest BCUT2D eigenvalue weighted by atomic mass is 10.1. The number of anilines is 1. The second-order valence-corrected chi connectivity index (χ2v) is 7.05. The topological polar surface area (TPSA) is 85.1 Å². The van der Waals surface area contributed by atoms with Gasteiger partial charge in [-0.1, -0.05) is 55.5 Å². The molecule has 0 aliphatic rings. The highest BCUT2D eigenvalue weighted by Gasteiger charge is 2.18. The number of aliphatic hydroxyl groups excluding tert-OH is 1. The maximum absolute atomic E-state index is 9.96. The molecule has 4 aromatic rings. The highest BCUT2D eigenvalue weighted by molar-refractivity contribution is 5.87. The summed E-state index contributed by atoms with van der Waals surface area (Å²) in [5, 5.41) is 18.6. The lowest BCUT2D eigenvalue weighted by Gasteiger charge is -2.18. The Morgan fingerprint density at radius 3 is 2.47 bits per heavy atom. The molecular formula is C23H25N5O2. The van der Waals surface area contributed by atoms with Gasteiger partial charge in [-0.3, -0.25) is 0 Å². The fourth-order valence-corrected chi connectivity index (χ4v) is 3.27. The number of hydrogen-bond acceptors (Lipinski definition) is 6. The Balaban J connectivity index is 1.71. The van der Waals surface area contributed by atoms with E-state index in [0.717, 1.165) is 23.1 Å². The van der Waals surface area contributed by atoms with Crippen LogP contribution in [-0.2, 0) is 6.42 Å². The maximum atomic E-state index is 9.96. The van der Waals surface area contributed by atoms with Crippen molar-refractivity contribution in [1.82, 2.24) is 19.7 Å². The van der Waals surface area contributed by atoms with Crippen molar-refractivity contribution in [2.45, 2.75) is 25.8 Å². The molecule has 2 heterocycles. The van der Waals surface area contributed by atoms with Gasteiger partial charge < -0.3 is 15.2 Å². The third-order valence-corrected chi connectivity index (χ3v) is 4.73. The smallest absolute Gasteiger partial charge is 0.320 e. The summed E-state index contributed by atoms with van der Waals surface area (Å²) in [6.07, 6.45) is 3.27. The molecule has 154 valence electrons. The first-order valence-corrected chi connectivity index (χ1v) is 10.1. The van der Waals surface area contributed by atoms with E-state index in [1.54, 1.807) is 10.9 Å². The van der Waals surface area contributed by atoms with Crippen molar-refractivity contribution in [2.75, 3.05) is 18.5 Å². The van der Waals surface area contributed by atoms with E-state index in [1.807, 2.05) is 67.6 Å². The average Bonchev–Trinajstić information content (AvgIpc) is 3.23. The van der Waals surface area contributed by atoms with Crippen LogP contribution in [0.3, 0.4) is 0 Å². The second-order valence-electron chi connectivity index (χ2n) is 7.05. The Labute approximate surface area is 175 Å². The zero-order valence-corrected chi connectivity index (χ0v) is 16.9. The third kappa shape index (κ3) is 4.41. The van der Waals surface area contributed by atoms with Gasteiger partial charge in [-0.2, -0.15) is 15.1 Å². The van der Waals surface area contributed by atoms with Crippen LogP contribution in [0, 0.1) is 0 Å². The Morgan fingerprint density at radius 1 is 1.03 bits per heavy atom. The van der Waals surface area contributed by atoms with Crippen molar-refractivity contribution in [3.05, 3.63) is 72.4 Å². The Hall–Kier alpha value is -3.45. The highest BCUT2D eigenvalue weighted by atomic mass is 16.5. The zero-order valence-electron chi connectivity index (χ0n) is 16.9. The van der Waals surface area contributed by atoms with Gasteiger partial charge >= 0.3 is 6.01 Å². The molecule has 0 fully saturated rings. The van der Waals surface area contributed by atoms with Gasteiger partial charge in [-0.05, 0) is 30.5 Å². The van der Waals surface area contributed by atoms with Crippen LogP contribution < -0.4 is 10.1 Å². The standard InChI is InChI=1S/C23H25N5O2/c1-2-13-30-23-26-21(25-18(16-29)14-17-9-5-3-6-10-17)20-15-24-28(22(20)27-23)19-11-7-4-8-12-19/h3-12,15,18,29H,2,13-14,16H2,1H3,(H,25,26,27)/t18-/m0/s1. The molecule has 1 atom stereocenters. The van der Waals surface area contributed by atoms with Crippen LogP contribution in [0.15, 0.2) is 66.9 Å². The molecule has 0 aliphatic heterocycles. The van der Waals surface area contributed by atoms with Gasteiger partial charge in [0.2, 0.25) is 0 Å². The minimum Gasteiger partial charge on any atom is -0.463 e. The average molecular weight is 403 g/mol. The van der Waals surface area contributed by atoms with E-state index in [4.69, 9.17) is 4.74 Å². The number of para-hydroxylation sites is 1. The Bertz CT molecular complexity index is 1080. The molecule has 7 nitrogen and oxygen atoms in total. The first-order chi connectivity index (χ1) is 14.8. The molecule has 0 unspecified atom stereocenters. The molecule has 0 bridgehead atoms. The van der Waals surface area contributed by atoms with Crippen LogP contribution >= 0.6 is 0 Å². The molecule has 30 heavy (non-hydrogen) atoms. The van der Waals surface area contributed by atoms with Crippen molar-refractivity contribution in [3.8, 4) is 11.7 Å². The molecule has 4 rings (SSSR count). The summed E-state index contributed by atoms with van der Waals surface area (Å²) in [6, 6.07) is 20.0. The Morgan fingerprint density at radius 2 is 1.77 bits per heavy atom. The molecule has 0 saturated carbocycles. The minimum atomic E-state index is -0.204. The van der Waals surface area contributed by atoms with Crippen molar-refractivity contribution in [2.24, 2.45) is 0 Å². The lowest BCUT2D eigenvalue weighted by Crippen LogP contribution is -2.27. The van der Waals surface area contributed by atoms with Gasteiger partial charge in [0.25, 0.3) is 0 Å². The van der Waals surface area contributed by atoms with E-state index >= 15 is 0 Å². The summed E-state index contributed by atoms with van der Waals surface area (Å²) < 4.78 is 7.50. The largest absolute Gasteiger partial charge is 0.463 e. The van der Waals surface area contributed by atoms with Gasteiger partial charge in [0.15, 0.2) is 5.65 Å². The monoisotopic (exact) mass is 403 g/mol. The fourth-order valence-electron chi connectivity index (χ4n) is 3.27. The first-order valence-electron chi connectivity index (χ1n) is 10.1. The number of aromatic nitrogens is 4. The van der Waals surface area contributed by atoms with Crippen LogP contribution in [0.2, 0.25) is 0 Å². The first kappa shape index (κ1) is 19.8. The number of aliphatic hydroxyl groups is 1. The molecule has 2 aromatic carbocycles. The van der Waals surface area contributed by atoms with Gasteiger partial charge in [-0.25, -0.2) is 4.68 Å². The van der Waals surface area contributed by atoms with Gasteiger partial charge in [-0.15, -0.1) is 0 Å². The molecule has 7 heteroatoms. The quantitative estimate of drug-likeness (QED) is 0.444. The molecule has 0 aliphatic carbocycles. The van der Waals surface area contributed by atoms with Crippen LogP contribution in [0.4, 0.5) is 5.82 Å². The van der Waals surface area contributed by atoms with E-state index in [9.17, 15) is 5.11 Å². The van der Waals surface area contributed by atoms with E-state index in [-0.39, 0.29) is 12.6 Å². The minimum absolute atomic E-state index is 0.0294. The predicted molar refractivity (Wildman–Crippen MR) is 117 cm³/mol. The van der Waals surface area contributed by atoms with Crippen LogP contribution in [0.5, 0.6) is 6.01 Å². The number of fused-ring (bicyclic) bond motifs is 1. The van der Waals surface area contributed by atoms with Crippen molar-refractivity contribution in [3.63, 3.8) is 0 Å². The van der Waals surface area contributed by atoms with Gasteiger partial charge in [0, 0.05) is 0 Å². The molecule has 0 spiro atoms. The molecule has 2 aromatic heterocycles. The molecule has 2 N–H and O–H groups in total. The van der Waals surface area contributed by atoms with Gasteiger partial charge in [0.05, 0.1) is 36.5 Å². The van der Waals surface area contributed by atoms with Crippen LogP contribution in [0.25, 0.3) is 16.7 Å². The van der Waals surface area contributed by atoms with Crippen molar-refractivity contribution >= 4 is 16.9 Å². The SMILES string of the molecule is CCCOc1nc(N[C@H](CO)Cc2ccccc2)c2cnn(-c3ccccc3)c2n1. The third-order valence-electron chi connectivity index (χ3n) is 4.73. The highest BCUT2D eigenvalue weighted by Crippen LogP contribution is 2.26. The summed E-state index contributed by atoms with van der Waals surface area (Å²) in [5.41, 5.74) is 2.69. The number of benzene rings is 2. The number of nitrogens with one attached hydrogen (secondary N) is 1. The van der Waals surface area contributed by atoms with E-state index in [2.05, 4.69) is 20.4 Å². The van der Waals surface area contributed by atoms with E-state index in [1.165, 1.54) is 0 Å². The van der Waals surface area contributed by atoms with Crippen LogP contribution in [-0.4, -0.2) is 44.1 Å². The fraction of sp³-hybridized carbons (Fsp3) is 0.261. The molecular weight excluding hydrogens is 378 g/mol. The van der Waals surface area contributed by atoms with Crippen molar-refractivity contribution < 1.29 is 9.84 Å². The second kappa shape index (κ2) is 9.37. The zero-order chi connectivity index (χ0) is 20.8. The van der Waals surface area contributed by atoms with Crippen molar-refractivity contribution in [1.29, 1.82) is 0 Å². The molecule has 0 saturated heterocycles. The maximum Gasteiger partial charge on any atom is 0.320 e. The number of ether oxygens (including phenoxy) is 1. The van der Waals surface area contributed by atoms with Crippen LogP contribution in [0.1, 0.15) is 18.9 Å². The molecule has 0 amide bonds. The number of nitrogens with zero attached hydrogens (tertiary/aromatic N) is 4. The molecule has 0 radical (unpaired) electrons. The Kier molecular flexibility index (Phi) is 6.20. The van der Waals surface area contributed by atoms with E-state index in [0.29, 0.717) is 30.5 Å². The summed E-state index contributed by atoms with van der Waals surface area (Å²) in [6.45, 7) is 2.53. The summed E-state index contributed by atoms with van der Waals surface area (Å²) in [5.74, 6) is 0.600. The number of hydrogen-bond donors (Lipinski definition) is 2. The van der Waals surface area contributed by atoms with Gasteiger partial charge in [0.1, 0.15) is 5.82 Å². The normalized spacial score (nSPS) is 12.1. The lowest BCUT2D eigenvalue weighted by molar-refractivity contribution is 0.273. The summed E-state index contributed by atoms with van der Waals surface area (Å²) >= 11 is 0. The summed E-state index contributed by atoms with van der Waals surface area (Å²) in [7, 11) is 0. The van der Waals surface area contributed by atoms with E-state index < -0.39 is 0 Å². The summed E-state index contributed by atoms with van der Waals surface area (Å²) in [4.78, 5) is 9.16. The predicted octanol–water partition coefficient (Wildman–Crippen LogP) is 3.62. The number of rotatable bonds is 9.